The third-order valence-electron chi connectivity index (χ3n) is 3.45. The summed E-state index contributed by atoms with van der Waals surface area (Å²) in [6.07, 6.45) is 2.79. The summed E-state index contributed by atoms with van der Waals surface area (Å²) in [5.74, 6) is 0.970. The van der Waals surface area contributed by atoms with Gasteiger partial charge in [0, 0.05) is 11.6 Å². The van der Waals surface area contributed by atoms with E-state index in [0.717, 1.165) is 29.7 Å². The van der Waals surface area contributed by atoms with Gasteiger partial charge in [-0.2, -0.15) is 0 Å². The summed E-state index contributed by atoms with van der Waals surface area (Å²) >= 11 is 0. The van der Waals surface area contributed by atoms with E-state index < -0.39 is 9.84 Å². The van der Waals surface area contributed by atoms with Gasteiger partial charge < -0.3 is 9.73 Å². The summed E-state index contributed by atoms with van der Waals surface area (Å²) in [7, 11) is -2.97. The number of fused-ring (bicyclic) bond motifs is 1. The lowest BCUT2D eigenvalue weighted by molar-refractivity contribution is 0.421. The lowest BCUT2D eigenvalue weighted by atomic mass is 10.1. The van der Waals surface area contributed by atoms with Gasteiger partial charge in [-0.15, -0.1) is 0 Å². The number of hydrogen-bond acceptors (Lipinski definition) is 4. The van der Waals surface area contributed by atoms with Gasteiger partial charge in [0.05, 0.1) is 11.8 Å². The first-order valence-electron chi connectivity index (χ1n) is 7.30. The molecule has 2 rings (SSSR count). The quantitative estimate of drug-likeness (QED) is 0.853. The van der Waals surface area contributed by atoms with Crippen molar-refractivity contribution in [2.75, 3.05) is 18.6 Å². The maximum Gasteiger partial charge on any atom is 0.147 e. The molecule has 0 aliphatic heterocycles. The van der Waals surface area contributed by atoms with E-state index in [0.29, 0.717) is 6.42 Å². The van der Waals surface area contributed by atoms with Crippen LogP contribution in [-0.2, 0) is 9.84 Å². The van der Waals surface area contributed by atoms with Crippen LogP contribution in [0.25, 0.3) is 11.0 Å². The molecule has 0 saturated heterocycles. The van der Waals surface area contributed by atoms with Crippen LogP contribution in [-0.4, -0.2) is 27.0 Å². The summed E-state index contributed by atoms with van der Waals surface area (Å²) in [4.78, 5) is 0. The molecule has 1 aromatic carbocycles. The van der Waals surface area contributed by atoms with Crippen molar-refractivity contribution in [2.45, 2.75) is 32.7 Å². The number of sulfone groups is 1. The lowest BCUT2D eigenvalue weighted by Gasteiger charge is -2.15. The number of rotatable bonds is 7. The molecule has 1 N–H and O–H groups in total. The number of nitrogens with one attached hydrogen (secondary N) is 1. The number of benzene rings is 1. The highest BCUT2D eigenvalue weighted by atomic mass is 32.2. The Kier molecular flexibility index (Phi) is 5.06. The minimum atomic E-state index is -2.97. The number of aryl methyl sites for hydroxylation is 1. The molecule has 2 aromatic rings. The van der Waals surface area contributed by atoms with Crippen molar-refractivity contribution in [1.29, 1.82) is 0 Å². The Balaban J connectivity index is 2.24. The van der Waals surface area contributed by atoms with Crippen molar-refractivity contribution >= 4 is 20.8 Å². The van der Waals surface area contributed by atoms with Crippen molar-refractivity contribution in [3.63, 3.8) is 0 Å². The molecule has 0 bridgehead atoms. The first-order valence-corrected chi connectivity index (χ1v) is 9.36. The molecule has 5 heteroatoms. The van der Waals surface area contributed by atoms with Gasteiger partial charge in [-0.3, -0.25) is 0 Å². The van der Waals surface area contributed by atoms with Crippen LogP contribution in [0.3, 0.4) is 0 Å². The van der Waals surface area contributed by atoms with E-state index in [1.54, 1.807) is 0 Å². The molecule has 4 nitrogen and oxygen atoms in total. The molecule has 21 heavy (non-hydrogen) atoms. The second kappa shape index (κ2) is 6.62. The molecular formula is C16H23NO3S. The summed E-state index contributed by atoms with van der Waals surface area (Å²) in [5.41, 5.74) is 2.03. The summed E-state index contributed by atoms with van der Waals surface area (Å²) in [5, 5.41) is 4.44. The molecule has 116 valence electrons. The molecule has 0 fully saturated rings. The topological polar surface area (TPSA) is 59.3 Å². The Morgan fingerprint density at radius 2 is 2.05 bits per heavy atom. The predicted molar refractivity (Wildman–Crippen MR) is 86.3 cm³/mol. The highest BCUT2D eigenvalue weighted by Gasteiger charge is 2.18. The van der Waals surface area contributed by atoms with Gasteiger partial charge in [0.1, 0.15) is 21.2 Å². The van der Waals surface area contributed by atoms with E-state index in [1.165, 1.54) is 11.8 Å². The van der Waals surface area contributed by atoms with Crippen LogP contribution in [0.15, 0.2) is 28.7 Å². The zero-order valence-electron chi connectivity index (χ0n) is 12.8. The monoisotopic (exact) mass is 309 g/mol. The van der Waals surface area contributed by atoms with Crippen LogP contribution in [0.1, 0.15) is 37.1 Å². The third kappa shape index (κ3) is 4.58. The molecule has 1 atom stereocenters. The van der Waals surface area contributed by atoms with E-state index in [4.69, 9.17) is 4.42 Å². The van der Waals surface area contributed by atoms with Gasteiger partial charge in [-0.05, 0) is 44.5 Å². The van der Waals surface area contributed by atoms with Crippen LogP contribution in [0.2, 0.25) is 0 Å². The summed E-state index contributed by atoms with van der Waals surface area (Å²) in [6, 6.07) is 8.00. The number of hydrogen-bond donors (Lipinski definition) is 1. The zero-order valence-corrected chi connectivity index (χ0v) is 13.7. The molecule has 1 aromatic heterocycles. The van der Waals surface area contributed by atoms with Crippen LogP contribution in [0.5, 0.6) is 0 Å². The Bertz CT molecular complexity index is 703. The Morgan fingerprint density at radius 3 is 2.71 bits per heavy atom. The molecule has 0 aliphatic rings. The van der Waals surface area contributed by atoms with Crippen molar-refractivity contribution in [2.24, 2.45) is 0 Å². The van der Waals surface area contributed by atoms with E-state index in [-0.39, 0.29) is 11.8 Å². The molecule has 0 saturated carbocycles. The summed E-state index contributed by atoms with van der Waals surface area (Å²) in [6.45, 7) is 4.97. The molecular weight excluding hydrogens is 286 g/mol. The van der Waals surface area contributed by atoms with E-state index in [2.05, 4.69) is 18.3 Å². The van der Waals surface area contributed by atoms with Crippen LogP contribution in [0.4, 0.5) is 0 Å². The average molecular weight is 309 g/mol. The maximum atomic E-state index is 11.4. The Hall–Kier alpha value is -1.33. The second-order valence-corrected chi connectivity index (χ2v) is 7.88. The minimum absolute atomic E-state index is 0.0626. The van der Waals surface area contributed by atoms with Crippen molar-refractivity contribution in [3.8, 4) is 0 Å². The van der Waals surface area contributed by atoms with Gasteiger partial charge >= 0.3 is 0 Å². The van der Waals surface area contributed by atoms with E-state index >= 15 is 0 Å². The normalized spacial score (nSPS) is 13.7. The first-order chi connectivity index (χ1) is 9.89. The van der Waals surface area contributed by atoms with Gasteiger partial charge in [0.2, 0.25) is 0 Å². The average Bonchev–Trinajstić information content (AvgIpc) is 2.80. The molecule has 0 aliphatic carbocycles. The fourth-order valence-corrected chi connectivity index (χ4v) is 3.01. The van der Waals surface area contributed by atoms with E-state index in [9.17, 15) is 8.42 Å². The SMILES string of the molecule is CCCNC(CCS(C)(=O)=O)c1cc2cc(C)ccc2o1. The molecule has 0 amide bonds. The van der Waals surface area contributed by atoms with Crippen LogP contribution in [0, 0.1) is 6.92 Å². The van der Waals surface area contributed by atoms with Gasteiger partial charge in [-0.1, -0.05) is 18.6 Å². The first kappa shape index (κ1) is 16.0. The van der Waals surface area contributed by atoms with Crippen molar-refractivity contribution in [1.82, 2.24) is 5.32 Å². The Labute approximate surface area is 126 Å². The molecule has 0 spiro atoms. The molecule has 1 unspecified atom stereocenters. The number of furan rings is 1. The fraction of sp³-hybridized carbons (Fsp3) is 0.500. The highest BCUT2D eigenvalue weighted by Crippen LogP contribution is 2.26. The minimum Gasteiger partial charge on any atom is -0.459 e. The summed E-state index contributed by atoms with van der Waals surface area (Å²) < 4.78 is 28.7. The highest BCUT2D eigenvalue weighted by molar-refractivity contribution is 7.90. The third-order valence-corrected chi connectivity index (χ3v) is 4.43. The Morgan fingerprint density at radius 1 is 1.29 bits per heavy atom. The smallest absolute Gasteiger partial charge is 0.147 e. The standard InChI is InChI=1S/C16H23NO3S/c1-4-8-17-14(7-9-21(3,18)19)16-11-13-10-12(2)5-6-15(13)20-16/h5-6,10-11,14,17H,4,7-9H2,1-3H3. The molecule has 1 heterocycles. The van der Waals surface area contributed by atoms with Gasteiger partial charge in [-0.25, -0.2) is 8.42 Å². The zero-order chi connectivity index (χ0) is 15.5. The van der Waals surface area contributed by atoms with Gasteiger partial charge in [0.15, 0.2) is 0 Å². The fourth-order valence-electron chi connectivity index (χ4n) is 2.35. The van der Waals surface area contributed by atoms with Crippen LogP contribution < -0.4 is 5.32 Å². The molecule has 0 radical (unpaired) electrons. The van der Waals surface area contributed by atoms with Crippen LogP contribution >= 0.6 is 0 Å². The van der Waals surface area contributed by atoms with Crippen molar-refractivity contribution < 1.29 is 12.8 Å². The lowest BCUT2D eigenvalue weighted by Crippen LogP contribution is -2.24. The van der Waals surface area contributed by atoms with Gasteiger partial charge in [0.25, 0.3) is 0 Å². The largest absolute Gasteiger partial charge is 0.459 e. The second-order valence-electron chi connectivity index (χ2n) is 5.62. The van der Waals surface area contributed by atoms with Crippen molar-refractivity contribution in [3.05, 3.63) is 35.6 Å². The maximum absolute atomic E-state index is 11.4. The predicted octanol–water partition coefficient (Wildman–Crippen LogP) is 3.22. The van der Waals surface area contributed by atoms with E-state index in [1.807, 2.05) is 25.1 Å².